The largest absolute Gasteiger partial charge is 0.314 e. The first-order valence-corrected chi connectivity index (χ1v) is 8.25. The minimum Gasteiger partial charge on any atom is -0.314 e. The monoisotopic (exact) mass is 280 g/mol. The zero-order chi connectivity index (χ0) is 13.1. The molecule has 1 fully saturated rings. The van der Waals surface area contributed by atoms with Crippen molar-refractivity contribution in [3.05, 3.63) is 0 Å². The zero-order valence-corrected chi connectivity index (χ0v) is 12.6. The van der Waals surface area contributed by atoms with Crippen LogP contribution in [-0.4, -0.2) is 49.4 Å². The topological polar surface area (TPSA) is 49.4 Å². The Balaban J connectivity index is 2.62. The molecule has 0 amide bonds. The number of thiol groups is 1. The van der Waals surface area contributed by atoms with Crippen LogP contribution in [0.25, 0.3) is 0 Å². The van der Waals surface area contributed by atoms with Crippen molar-refractivity contribution in [3.8, 4) is 0 Å². The summed E-state index contributed by atoms with van der Waals surface area (Å²) in [5.41, 5.74) is 0. The van der Waals surface area contributed by atoms with Crippen LogP contribution < -0.4 is 5.32 Å². The van der Waals surface area contributed by atoms with Gasteiger partial charge in [-0.25, -0.2) is 8.42 Å². The van der Waals surface area contributed by atoms with E-state index in [9.17, 15) is 8.42 Å². The summed E-state index contributed by atoms with van der Waals surface area (Å²) >= 11 is 4.37. The van der Waals surface area contributed by atoms with E-state index >= 15 is 0 Å². The molecular weight excluding hydrogens is 256 g/mol. The summed E-state index contributed by atoms with van der Waals surface area (Å²) < 4.78 is 26.2. The van der Waals surface area contributed by atoms with Crippen molar-refractivity contribution in [1.29, 1.82) is 0 Å². The standard InChI is InChI=1S/C11H24N2O2S2/c1-9(11(3)16)8-10(2)17(14,15)13-6-4-12-5-7-13/h9-12,16H,4-8H2,1-3H3. The Morgan fingerprint density at radius 2 is 1.76 bits per heavy atom. The molecule has 1 aliphatic heterocycles. The molecule has 1 heterocycles. The van der Waals surface area contributed by atoms with Crippen LogP contribution in [0.3, 0.4) is 0 Å². The van der Waals surface area contributed by atoms with Crippen LogP contribution in [0.4, 0.5) is 0 Å². The fourth-order valence-corrected chi connectivity index (χ4v) is 3.86. The Labute approximate surface area is 111 Å². The maximum Gasteiger partial charge on any atom is 0.216 e. The molecule has 0 aromatic rings. The van der Waals surface area contributed by atoms with E-state index in [1.807, 2.05) is 13.8 Å². The SMILES string of the molecule is CC(S)C(C)CC(C)S(=O)(=O)N1CCNCC1. The van der Waals surface area contributed by atoms with Gasteiger partial charge >= 0.3 is 0 Å². The lowest BCUT2D eigenvalue weighted by Crippen LogP contribution is -2.49. The van der Waals surface area contributed by atoms with E-state index in [0.717, 1.165) is 13.1 Å². The number of nitrogens with zero attached hydrogens (tertiary/aromatic N) is 1. The normalized spacial score (nSPS) is 24.2. The first kappa shape index (κ1) is 15.3. The summed E-state index contributed by atoms with van der Waals surface area (Å²) in [6, 6.07) is 0. The van der Waals surface area contributed by atoms with Crippen molar-refractivity contribution in [1.82, 2.24) is 9.62 Å². The van der Waals surface area contributed by atoms with Gasteiger partial charge < -0.3 is 5.32 Å². The molecule has 3 unspecified atom stereocenters. The van der Waals surface area contributed by atoms with Gasteiger partial charge in [0.05, 0.1) is 5.25 Å². The molecular formula is C11H24N2O2S2. The molecule has 0 radical (unpaired) electrons. The van der Waals surface area contributed by atoms with Crippen molar-refractivity contribution in [2.45, 2.75) is 37.7 Å². The Morgan fingerprint density at radius 1 is 1.24 bits per heavy atom. The lowest BCUT2D eigenvalue weighted by atomic mass is 10.0. The second kappa shape index (κ2) is 6.41. The van der Waals surface area contributed by atoms with Gasteiger partial charge in [-0.15, -0.1) is 0 Å². The van der Waals surface area contributed by atoms with Crippen molar-refractivity contribution < 1.29 is 8.42 Å². The number of piperazine rings is 1. The second-order valence-corrected chi connectivity index (χ2v) is 8.12. The summed E-state index contributed by atoms with van der Waals surface area (Å²) in [6.45, 7) is 8.58. The molecule has 1 N–H and O–H groups in total. The third kappa shape index (κ3) is 4.12. The number of sulfonamides is 1. The molecule has 1 aliphatic rings. The summed E-state index contributed by atoms with van der Waals surface area (Å²) in [4.78, 5) is 0. The highest BCUT2D eigenvalue weighted by Crippen LogP contribution is 2.21. The van der Waals surface area contributed by atoms with Crippen molar-refractivity contribution >= 4 is 22.7 Å². The Morgan fingerprint density at radius 3 is 2.24 bits per heavy atom. The molecule has 3 atom stereocenters. The van der Waals surface area contributed by atoms with Crippen LogP contribution in [0.1, 0.15) is 27.2 Å². The lowest BCUT2D eigenvalue weighted by molar-refractivity contribution is 0.352. The molecule has 0 aromatic heterocycles. The third-order valence-corrected chi connectivity index (χ3v) is 6.27. The lowest BCUT2D eigenvalue weighted by Gasteiger charge is -2.30. The minimum absolute atomic E-state index is 0.232. The molecule has 0 spiro atoms. The van der Waals surface area contributed by atoms with E-state index in [4.69, 9.17) is 0 Å². The third-order valence-electron chi connectivity index (χ3n) is 3.47. The fourth-order valence-electron chi connectivity index (χ4n) is 2.00. The van der Waals surface area contributed by atoms with E-state index in [1.54, 1.807) is 4.31 Å². The van der Waals surface area contributed by atoms with Crippen LogP contribution in [0.15, 0.2) is 0 Å². The van der Waals surface area contributed by atoms with Crippen LogP contribution in [0, 0.1) is 5.92 Å². The van der Waals surface area contributed by atoms with E-state index < -0.39 is 10.0 Å². The number of nitrogens with one attached hydrogen (secondary N) is 1. The summed E-state index contributed by atoms with van der Waals surface area (Å²) in [5.74, 6) is 0.311. The van der Waals surface area contributed by atoms with E-state index in [-0.39, 0.29) is 10.5 Å². The molecule has 0 bridgehead atoms. The van der Waals surface area contributed by atoms with E-state index in [0.29, 0.717) is 25.4 Å². The van der Waals surface area contributed by atoms with E-state index in [2.05, 4.69) is 24.9 Å². The molecule has 102 valence electrons. The van der Waals surface area contributed by atoms with Gasteiger partial charge in [0.25, 0.3) is 0 Å². The molecule has 1 saturated heterocycles. The Hall–Kier alpha value is 0.220. The van der Waals surface area contributed by atoms with Gasteiger partial charge in [0, 0.05) is 31.4 Å². The average molecular weight is 280 g/mol. The van der Waals surface area contributed by atoms with Gasteiger partial charge in [0.15, 0.2) is 0 Å². The number of hydrogen-bond acceptors (Lipinski definition) is 4. The Kier molecular flexibility index (Phi) is 5.76. The van der Waals surface area contributed by atoms with Crippen LogP contribution in [0.2, 0.25) is 0 Å². The highest BCUT2D eigenvalue weighted by Gasteiger charge is 2.31. The molecule has 6 heteroatoms. The number of hydrogen-bond donors (Lipinski definition) is 2. The first-order chi connectivity index (χ1) is 7.85. The van der Waals surface area contributed by atoms with Gasteiger partial charge in [-0.2, -0.15) is 16.9 Å². The van der Waals surface area contributed by atoms with Crippen LogP contribution >= 0.6 is 12.6 Å². The molecule has 0 saturated carbocycles. The highest BCUT2D eigenvalue weighted by molar-refractivity contribution is 7.89. The van der Waals surface area contributed by atoms with Crippen LogP contribution in [-0.2, 0) is 10.0 Å². The van der Waals surface area contributed by atoms with Gasteiger partial charge in [-0.1, -0.05) is 13.8 Å². The van der Waals surface area contributed by atoms with Gasteiger partial charge in [0.1, 0.15) is 0 Å². The molecule has 4 nitrogen and oxygen atoms in total. The molecule has 0 aromatic carbocycles. The summed E-state index contributed by atoms with van der Waals surface area (Å²) in [7, 11) is -3.13. The summed E-state index contributed by atoms with van der Waals surface area (Å²) in [5, 5.41) is 3.08. The van der Waals surface area contributed by atoms with Crippen molar-refractivity contribution in [2.75, 3.05) is 26.2 Å². The fraction of sp³-hybridized carbons (Fsp3) is 1.00. The zero-order valence-electron chi connectivity index (χ0n) is 10.9. The highest BCUT2D eigenvalue weighted by atomic mass is 32.2. The Bertz CT molecular complexity index is 324. The number of rotatable bonds is 5. The molecule has 0 aliphatic carbocycles. The van der Waals surface area contributed by atoms with Gasteiger partial charge in [-0.3, -0.25) is 0 Å². The second-order valence-electron chi connectivity index (χ2n) is 4.96. The first-order valence-electron chi connectivity index (χ1n) is 6.23. The minimum atomic E-state index is -3.13. The predicted molar refractivity (Wildman–Crippen MR) is 75.1 cm³/mol. The quantitative estimate of drug-likeness (QED) is 0.737. The van der Waals surface area contributed by atoms with Crippen LogP contribution in [0.5, 0.6) is 0 Å². The van der Waals surface area contributed by atoms with Gasteiger partial charge in [-0.05, 0) is 19.3 Å². The maximum atomic E-state index is 12.3. The van der Waals surface area contributed by atoms with Gasteiger partial charge in [0.2, 0.25) is 10.0 Å². The van der Waals surface area contributed by atoms with Crippen molar-refractivity contribution in [3.63, 3.8) is 0 Å². The molecule has 17 heavy (non-hydrogen) atoms. The smallest absolute Gasteiger partial charge is 0.216 e. The maximum absolute atomic E-state index is 12.3. The molecule has 1 rings (SSSR count). The average Bonchev–Trinajstić information content (AvgIpc) is 2.29. The van der Waals surface area contributed by atoms with Crippen molar-refractivity contribution in [2.24, 2.45) is 5.92 Å². The predicted octanol–water partition coefficient (Wildman–Crippen LogP) is 0.954. The summed E-state index contributed by atoms with van der Waals surface area (Å²) in [6.07, 6.45) is 0.678. The van der Waals surface area contributed by atoms with E-state index in [1.165, 1.54) is 0 Å².